The van der Waals surface area contributed by atoms with E-state index in [1.54, 1.807) is 0 Å². The fourth-order valence-electron chi connectivity index (χ4n) is 9.51. The maximum absolute atomic E-state index is 14.1. The molecule has 0 N–H and O–H groups in total. The zero-order chi connectivity index (χ0) is 41.5. The van der Waals surface area contributed by atoms with Crippen LogP contribution in [0.1, 0.15) is 0 Å². The normalized spacial score (nSPS) is 11.6. The summed E-state index contributed by atoms with van der Waals surface area (Å²) in [6.07, 6.45) is 0. The van der Waals surface area contributed by atoms with E-state index in [1.807, 2.05) is 12.1 Å². The number of fused-ring (bicyclic) bond motifs is 4. The van der Waals surface area contributed by atoms with Gasteiger partial charge in [-0.1, -0.05) is 42.5 Å². The topological polar surface area (TPSA) is 8.17 Å². The molecule has 0 aliphatic heterocycles. The molecule has 10 aromatic carbocycles. The molecule has 0 aliphatic carbocycles. The van der Waals surface area contributed by atoms with Crippen LogP contribution in [0.5, 0.6) is 0 Å². The van der Waals surface area contributed by atoms with Crippen molar-refractivity contribution < 1.29 is 4.39 Å². The monoisotopic (exact) mass is 858 g/mol. The molecule has 0 aliphatic rings. The second-order valence-corrected chi connectivity index (χ2v) is 23.9. The first-order valence-corrected chi connectivity index (χ1v) is 25.3. The Hall–Kier alpha value is -7.47. The van der Waals surface area contributed by atoms with Gasteiger partial charge in [-0.05, 0) is 35.7 Å². The Morgan fingerprint density at radius 3 is 1.44 bits per heavy atom. The van der Waals surface area contributed by atoms with Crippen LogP contribution in [0.4, 0.5) is 21.5 Å². The Kier molecular flexibility index (Phi) is 9.60. The molecule has 0 saturated carbocycles. The molecule has 0 bridgehead atoms. The van der Waals surface area contributed by atoms with E-state index in [1.165, 1.54) is 46.1 Å². The molecule has 1 aromatic heterocycles. The number of hydrogen-bond acceptors (Lipinski definition) is 1. The smallest absolute Gasteiger partial charge is 0.0351 e. The van der Waals surface area contributed by atoms with E-state index in [4.69, 9.17) is 0 Å². The van der Waals surface area contributed by atoms with Crippen LogP contribution in [0.25, 0.3) is 49.4 Å². The summed E-state index contributed by atoms with van der Waals surface area (Å²) < 4.78 is 21.9. The van der Waals surface area contributed by atoms with E-state index >= 15 is 0 Å². The Morgan fingerprint density at radius 1 is 0.339 bits per heavy atom. The molecular formula is C58H41FGeN2. The molecule has 0 radical (unpaired) electrons. The summed E-state index contributed by atoms with van der Waals surface area (Å²) in [5.74, 6) is -0.246. The van der Waals surface area contributed by atoms with Crippen molar-refractivity contribution in [3.63, 3.8) is 0 Å². The van der Waals surface area contributed by atoms with Crippen LogP contribution in [-0.4, -0.2) is 17.8 Å². The van der Waals surface area contributed by atoms with Crippen LogP contribution in [0.2, 0.25) is 0 Å². The fraction of sp³-hybridized carbons (Fsp3) is 0. The molecule has 0 fully saturated rings. The second kappa shape index (κ2) is 15.9. The van der Waals surface area contributed by atoms with E-state index in [-0.39, 0.29) is 5.82 Å². The van der Waals surface area contributed by atoms with Crippen molar-refractivity contribution in [2.75, 3.05) is 4.90 Å². The molecule has 0 unspecified atom stereocenters. The average Bonchev–Trinajstić information content (AvgIpc) is 3.67. The van der Waals surface area contributed by atoms with Gasteiger partial charge in [0.15, 0.2) is 0 Å². The predicted octanol–water partition coefficient (Wildman–Crippen LogP) is 12.6. The van der Waals surface area contributed by atoms with Gasteiger partial charge in [0, 0.05) is 11.1 Å². The zero-order valence-corrected chi connectivity index (χ0v) is 36.0. The molecule has 62 heavy (non-hydrogen) atoms. The van der Waals surface area contributed by atoms with Gasteiger partial charge in [0.1, 0.15) is 5.82 Å². The van der Waals surface area contributed by atoms with Crippen molar-refractivity contribution >= 4 is 80.5 Å². The van der Waals surface area contributed by atoms with E-state index < -0.39 is 13.3 Å². The minimum absolute atomic E-state index is 0.246. The summed E-state index contributed by atoms with van der Waals surface area (Å²) in [5, 5.41) is 4.66. The summed E-state index contributed by atoms with van der Waals surface area (Å²) in [6, 6.07) is 88.9. The summed E-state index contributed by atoms with van der Waals surface area (Å²) >= 11 is -3.37. The first-order valence-electron chi connectivity index (χ1n) is 21.1. The van der Waals surface area contributed by atoms with Gasteiger partial charge in [0.05, 0.1) is 11.0 Å². The summed E-state index contributed by atoms with van der Waals surface area (Å²) in [4.78, 5) is 2.35. The van der Waals surface area contributed by atoms with Crippen LogP contribution in [0.3, 0.4) is 0 Å². The molecular weight excluding hydrogens is 816 g/mol. The number of benzene rings is 10. The summed E-state index contributed by atoms with van der Waals surface area (Å²) in [5.41, 5.74) is 8.61. The van der Waals surface area contributed by atoms with E-state index in [9.17, 15) is 4.39 Å². The van der Waals surface area contributed by atoms with Gasteiger partial charge < -0.3 is 4.57 Å². The molecule has 0 spiro atoms. The van der Waals surface area contributed by atoms with E-state index in [0.717, 1.165) is 50.1 Å². The fourth-order valence-corrected chi connectivity index (χ4v) is 19.5. The van der Waals surface area contributed by atoms with Crippen molar-refractivity contribution in [2.24, 2.45) is 0 Å². The third kappa shape index (κ3) is 6.50. The molecule has 11 rings (SSSR count). The van der Waals surface area contributed by atoms with Crippen LogP contribution < -0.4 is 22.5 Å². The molecule has 294 valence electrons. The SMILES string of the molecule is Fc1ccc(-n2c3ccccc3c3cc(N(c4ccc(-c5cc[c]([Ge]([c]6ccccc6)([c]6ccccc6)[c]6ccccc6)cc5)cc4)c4ccc5ccccc5c4)ccc32)cc1. The Bertz CT molecular complexity index is 3230. The molecule has 2 nitrogen and oxygen atoms in total. The van der Waals surface area contributed by atoms with Gasteiger partial charge >= 0.3 is 251 Å². The summed E-state index contributed by atoms with van der Waals surface area (Å²) in [6.45, 7) is 0. The zero-order valence-electron chi connectivity index (χ0n) is 33.9. The number of rotatable bonds is 9. The van der Waals surface area contributed by atoms with Crippen molar-refractivity contribution in [2.45, 2.75) is 0 Å². The Labute approximate surface area is 363 Å². The van der Waals surface area contributed by atoms with Crippen molar-refractivity contribution in [1.82, 2.24) is 4.57 Å². The quantitative estimate of drug-likeness (QED) is 0.131. The van der Waals surface area contributed by atoms with Crippen LogP contribution in [-0.2, 0) is 0 Å². The number of aromatic nitrogens is 1. The number of para-hydroxylation sites is 1. The molecule has 4 heteroatoms. The van der Waals surface area contributed by atoms with Crippen LogP contribution in [0.15, 0.2) is 249 Å². The van der Waals surface area contributed by atoms with E-state index in [0.29, 0.717) is 0 Å². The van der Waals surface area contributed by atoms with Gasteiger partial charge in [-0.15, -0.1) is 0 Å². The van der Waals surface area contributed by atoms with Gasteiger partial charge in [0.25, 0.3) is 0 Å². The number of hydrogen-bond donors (Lipinski definition) is 0. The van der Waals surface area contributed by atoms with Gasteiger partial charge in [0.2, 0.25) is 0 Å². The first-order chi connectivity index (χ1) is 30.6. The molecule has 11 aromatic rings. The summed E-state index contributed by atoms with van der Waals surface area (Å²) in [7, 11) is 0. The molecule has 0 saturated heterocycles. The van der Waals surface area contributed by atoms with Crippen LogP contribution in [0, 0.1) is 5.82 Å². The Balaban J connectivity index is 1.02. The first kappa shape index (κ1) is 37.5. The minimum Gasteiger partial charge on any atom is -0.0351 e. The standard InChI is InChI=1S/C58H41FGeN2/c59-46-29-36-52(37-30-46)62-57-23-13-12-22-55(57)56-41-54(38-39-58(56)62)61(53-35-28-42-14-10-11-15-45(42)40-53)51-33-26-44(27-34-51)43-24-31-50(32-25-43)60(47-16-4-1-5-17-47,48-18-6-2-7-19-48)49-20-8-3-9-21-49/h1-41H. The third-order valence-electron chi connectivity index (χ3n) is 12.4. The third-order valence-corrected chi connectivity index (χ3v) is 22.5. The average molecular weight is 858 g/mol. The van der Waals surface area contributed by atoms with Crippen molar-refractivity contribution in [1.29, 1.82) is 0 Å². The molecule has 0 atom stereocenters. The van der Waals surface area contributed by atoms with Gasteiger partial charge in [-0.25, -0.2) is 4.39 Å². The molecule has 1 heterocycles. The van der Waals surface area contributed by atoms with Gasteiger partial charge in [-0.2, -0.15) is 0 Å². The van der Waals surface area contributed by atoms with E-state index in [2.05, 4.69) is 234 Å². The second-order valence-electron chi connectivity index (χ2n) is 15.9. The Morgan fingerprint density at radius 2 is 0.806 bits per heavy atom. The van der Waals surface area contributed by atoms with Crippen molar-refractivity contribution in [3.05, 3.63) is 255 Å². The number of nitrogens with zero attached hydrogens (tertiary/aromatic N) is 2. The predicted molar refractivity (Wildman–Crippen MR) is 262 cm³/mol. The van der Waals surface area contributed by atoms with Crippen molar-refractivity contribution in [3.8, 4) is 16.8 Å². The minimum atomic E-state index is -3.37. The number of anilines is 3. The molecule has 0 amide bonds. The van der Waals surface area contributed by atoms with Crippen LogP contribution >= 0.6 is 0 Å². The number of halogens is 1. The van der Waals surface area contributed by atoms with Gasteiger partial charge in [-0.3, -0.25) is 0 Å². The maximum atomic E-state index is 14.1.